The van der Waals surface area contributed by atoms with E-state index in [4.69, 9.17) is 9.47 Å². The Balaban J connectivity index is 0.00000192. The lowest BCUT2D eigenvalue weighted by Crippen LogP contribution is -2.40. The summed E-state index contributed by atoms with van der Waals surface area (Å²) in [6.45, 7) is 2.74. The lowest BCUT2D eigenvalue weighted by Gasteiger charge is -2.33. The Bertz CT molecular complexity index is 602. The minimum absolute atomic E-state index is 0. The van der Waals surface area contributed by atoms with E-state index in [1.54, 1.807) is 0 Å². The van der Waals surface area contributed by atoms with E-state index in [1.807, 2.05) is 18.2 Å². The average Bonchev–Trinajstić information content (AvgIpc) is 2.56. The van der Waals surface area contributed by atoms with Gasteiger partial charge in [0.1, 0.15) is 11.5 Å². The summed E-state index contributed by atoms with van der Waals surface area (Å²) < 4.78 is 10.6. The third-order valence-electron chi connectivity index (χ3n) is 4.30. The first-order chi connectivity index (χ1) is 10.7. The Kier molecular flexibility index (Phi) is 5.91. The van der Waals surface area contributed by atoms with Gasteiger partial charge in [0.2, 0.25) is 0 Å². The number of benzene rings is 1. The molecule has 2 aliphatic rings. The quantitative estimate of drug-likeness (QED) is 0.857. The number of carbonyl (C=O) groups is 1. The average molecular weight is 340 g/mol. The predicted molar refractivity (Wildman–Crippen MR) is 89.1 cm³/mol. The maximum absolute atomic E-state index is 11.7. The SMILES string of the molecule is COC(=O)C1=C(O)CCN(CC2COc3ccccc3C2)C1.Cl. The van der Waals surface area contributed by atoms with E-state index in [0.717, 1.165) is 25.3 Å². The fourth-order valence-corrected chi connectivity index (χ4v) is 3.14. The fraction of sp³-hybridized carbons (Fsp3) is 0.471. The van der Waals surface area contributed by atoms with E-state index < -0.39 is 5.97 Å². The van der Waals surface area contributed by atoms with Gasteiger partial charge < -0.3 is 14.6 Å². The molecule has 5 nitrogen and oxygen atoms in total. The number of aliphatic hydroxyl groups excluding tert-OH is 1. The van der Waals surface area contributed by atoms with Crippen LogP contribution in [0.2, 0.25) is 0 Å². The van der Waals surface area contributed by atoms with Crippen LogP contribution in [0.3, 0.4) is 0 Å². The third-order valence-corrected chi connectivity index (χ3v) is 4.30. The number of rotatable bonds is 3. The molecule has 2 heterocycles. The van der Waals surface area contributed by atoms with Gasteiger partial charge in [-0.25, -0.2) is 4.79 Å². The molecule has 0 aromatic heterocycles. The Morgan fingerprint density at radius 2 is 2.22 bits per heavy atom. The summed E-state index contributed by atoms with van der Waals surface area (Å²) in [4.78, 5) is 13.9. The summed E-state index contributed by atoms with van der Waals surface area (Å²) >= 11 is 0. The molecular formula is C17H22ClNO4. The van der Waals surface area contributed by atoms with Gasteiger partial charge in [-0.15, -0.1) is 12.4 Å². The van der Waals surface area contributed by atoms with Crippen LogP contribution in [-0.4, -0.2) is 49.3 Å². The van der Waals surface area contributed by atoms with Gasteiger partial charge in [0.25, 0.3) is 0 Å². The smallest absolute Gasteiger partial charge is 0.338 e. The molecule has 0 aliphatic carbocycles. The molecule has 0 saturated heterocycles. The number of methoxy groups -OCH3 is 1. The zero-order valence-corrected chi connectivity index (χ0v) is 14.0. The number of esters is 1. The molecule has 1 unspecified atom stereocenters. The first-order valence-electron chi connectivity index (χ1n) is 7.59. The number of ether oxygens (including phenoxy) is 2. The summed E-state index contributed by atoms with van der Waals surface area (Å²) in [5, 5.41) is 9.85. The van der Waals surface area contributed by atoms with Crippen LogP contribution in [0.15, 0.2) is 35.6 Å². The summed E-state index contributed by atoms with van der Waals surface area (Å²) in [7, 11) is 1.34. The van der Waals surface area contributed by atoms with Gasteiger partial charge in [0, 0.05) is 32.0 Å². The van der Waals surface area contributed by atoms with Crippen molar-refractivity contribution in [1.82, 2.24) is 4.90 Å². The van der Waals surface area contributed by atoms with Crippen molar-refractivity contribution in [2.24, 2.45) is 5.92 Å². The topological polar surface area (TPSA) is 59.0 Å². The molecule has 0 fully saturated rings. The van der Waals surface area contributed by atoms with Gasteiger partial charge in [0.05, 0.1) is 19.3 Å². The summed E-state index contributed by atoms with van der Waals surface area (Å²) in [5.74, 6) is 1.10. The molecule has 0 spiro atoms. The lowest BCUT2D eigenvalue weighted by atomic mass is 9.95. The second kappa shape index (κ2) is 7.70. The summed E-state index contributed by atoms with van der Waals surface area (Å²) in [5.41, 5.74) is 1.62. The molecule has 126 valence electrons. The van der Waals surface area contributed by atoms with E-state index in [1.165, 1.54) is 12.7 Å². The zero-order valence-electron chi connectivity index (χ0n) is 13.2. The van der Waals surface area contributed by atoms with Gasteiger partial charge in [0.15, 0.2) is 0 Å². The van der Waals surface area contributed by atoms with Crippen LogP contribution in [0.25, 0.3) is 0 Å². The number of aliphatic hydroxyl groups is 1. The highest BCUT2D eigenvalue weighted by Gasteiger charge is 2.28. The maximum atomic E-state index is 11.7. The van der Waals surface area contributed by atoms with Crippen molar-refractivity contribution < 1.29 is 19.4 Å². The fourth-order valence-electron chi connectivity index (χ4n) is 3.14. The molecule has 0 radical (unpaired) electrons. The monoisotopic (exact) mass is 339 g/mol. The normalized spacial score (nSPS) is 21.0. The lowest BCUT2D eigenvalue weighted by molar-refractivity contribution is -0.136. The van der Waals surface area contributed by atoms with Crippen molar-refractivity contribution in [1.29, 1.82) is 0 Å². The second-order valence-electron chi connectivity index (χ2n) is 5.89. The molecule has 1 aromatic carbocycles. The van der Waals surface area contributed by atoms with Crippen LogP contribution in [0, 0.1) is 5.92 Å². The first kappa shape index (κ1) is 17.6. The molecule has 6 heteroatoms. The molecule has 0 bridgehead atoms. The van der Waals surface area contributed by atoms with Crippen molar-refractivity contribution in [2.75, 3.05) is 33.4 Å². The highest BCUT2D eigenvalue weighted by molar-refractivity contribution is 5.89. The van der Waals surface area contributed by atoms with Gasteiger partial charge in [-0.05, 0) is 18.1 Å². The number of halogens is 1. The molecule has 0 amide bonds. The Hall–Kier alpha value is -1.72. The summed E-state index contributed by atoms with van der Waals surface area (Å²) in [6, 6.07) is 8.12. The zero-order chi connectivity index (χ0) is 15.5. The second-order valence-corrected chi connectivity index (χ2v) is 5.89. The van der Waals surface area contributed by atoms with Crippen molar-refractivity contribution in [3.8, 4) is 5.75 Å². The van der Waals surface area contributed by atoms with Crippen LogP contribution in [-0.2, 0) is 16.0 Å². The van der Waals surface area contributed by atoms with Gasteiger partial charge in [-0.1, -0.05) is 18.2 Å². The van der Waals surface area contributed by atoms with Crippen LogP contribution >= 0.6 is 12.4 Å². The highest BCUT2D eigenvalue weighted by Crippen LogP contribution is 2.28. The molecule has 0 saturated carbocycles. The number of para-hydroxylation sites is 1. The van der Waals surface area contributed by atoms with Crippen molar-refractivity contribution in [3.05, 3.63) is 41.2 Å². The molecule has 1 atom stereocenters. The van der Waals surface area contributed by atoms with Crippen LogP contribution in [0.5, 0.6) is 5.75 Å². The Morgan fingerprint density at radius 1 is 1.43 bits per heavy atom. The molecular weight excluding hydrogens is 318 g/mol. The van der Waals surface area contributed by atoms with Crippen molar-refractivity contribution in [2.45, 2.75) is 12.8 Å². The van der Waals surface area contributed by atoms with Gasteiger partial charge >= 0.3 is 5.97 Å². The van der Waals surface area contributed by atoms with Crippen molar-refractivity contribution in [3.63, 3.8) is 0 Å². The van der Waals surface area contributed by atoms with Crippen LogP contribution in [0.4, 0.5) is 0 Å². The Morgan fingerprint density at radius 3 is 3.00 bits per heavy atom. The van der Waals surface area contributed by atoms with E-state index in [0.29, 0.717) is 31.1 Å². The van der Waals surface area contributed by atoms with Gasteiger partial charge in [-0.2, -0.15) is 0 Å². The summed E-state index contributed by atoms with van der Waals surface area (Å²) in [6.07, 6.45) is 1.48. The van der Waals surface area contributed by atoms with Crippen molar-refractivity contribution >= 4 is 18.4 Å². The maximum Gasteiger partial charge on any atom is 0.338 e. The van der Waals surface area contributed by atoms with E-state index in [9.17, 15) is 9.90 Å². The standard InChI is InChI=1S/C17H21NO4.ClH/c1-21-17(20)14-10-18(7-6-15(14)19)9-12-8-13-4-2-3-5-16(13)22-11-12;/h2-5,12,19H,6-11H2,1H3;1H. The Labute approximate surface area is 142 Å². The molecule has 3 rings (SSSR count). The van der Waals surface area contributed by atoms with Crippen LogP contribution < -0.4 is 4.74 Å². The van der Waals surface area contributed by atoms with Gasteiger partial charge in [-0.3, -0.25) is 4.90 Å². The number of nitrogens with zero attached hydrogens (tertiary/aromatic N) is 1. The van der Waals surface area contributed by atoms with E-state index >= 15 is 0 Å². The number of fused-ring (bicyclic) bond motifs is 1. The molecule has 23 heavy (non-hydrogen) atoms. The molecule has 1 N–H and O–H groups in total. The number of carbonyl (C=O) groups excluding carboxylic acids is 1. The largest absolute Gasteiger partial charge is 0.512 e. The predicted octanol–water partition coefficient (Wildman–Crippen LogP) is 2.35. The number of hydrogen-bond donors (Lipinski definition) is 1. The number of hydrogen-bond acceptors (Lipinski definition) is 5. The van der Waals surface area contributed by atoms with E-state index in [-0.39, 0.29) is 18.2 Å². The highest BCUT2D eigenvalue weighted by atomic mass is 35.5. The van der Waals surface area contributed by atoms with E-state index in [2.05, 4.69) is 11.0 Å². The minimum Gasteiger partial charge on any atom is -0.512 e. The molecule has 2 aliphatic heterocycles. The first-order valence-corrected chi connectivity index (χ1v) is 7.59. The van der Waals surface area contributed by atoms with Crippen LogP contribution in [0.1, 0.15) is 12.0 Å². The third kappa shape index (κ3) is 3.98. The minimum atomic E-state index is -0.438. The molecule has 1 aromatic rings.